The number of hydrogen-bond acceptors (Lipinski definition) is 3. The van der Waals surface area contributed by atoms with E-state index in [2.05, 4.69) is 0 Å². The summed E-state index contributed by atoms with van der Waals surface area (Å²) in [5.41, 5.74) is 1.64. The third kappa shape index (κ3) is 3.02. The van der Waals surface area contributed by atoms with Crippen LogP contribution in [-0.2, 0) is 6.54 Å². The summed E-state index contributed by atoms with van der Waals surface area (Å²) in [4.78, 5) is 14.3. The van der Waals surface area contributed by atoms with E-state index in [4.69, 9.17) is 21.1 Å². The van der Waals surface area contributed by atoms with Crippen LogP contribution in [0.3, 0.4) is 0 Å². The molecule has 114 valence electrons. The van der Waals surface area contributed by atoms with Crippen LogP contribution in [0.25, 0.3) is 0 Å². The van der Waals surface area contributed by atoms with Gasteiger partial charge in [0.05, 0.1) is 0 Å². The summed E-state index contributed by atoms with van der Waals surface area (Å²) in [7, 11) is 0. The molecular formula is C17H16ClNO3. The maximum absolute atomic E-state index is 12.6. The molecule has 1 heterocycles. The van der Waals surface area contributed by atoms with Crippen LogP contribution in [0.1, 0.15) is 22.8 Å². The van der Waals surface area contributed by atoms with Crippen LogP contribution in [0.4, 0.5) is 0 Å². The highest BCUT2D eigenvalue weighted by Gasteiger charge is 2.17. The molecule has 0 unspecified atom stereocenters. The number of ether oxygens (including phenoxy) is 2. The van der Waals surface area contributed by atoms with Gasteiger partial charge in [-0.3, -0.25) is 4.79 Å². The van der Waals surface area contributed by atoms with Gasteiger partial charge in [0.1, 0.15) is 0 Å². The summed E-state index contributed by atoms with van der Waals surface area (Å²) in [5, 5.41) is 0.621. The van der Waals surface area contributed by atoms with Gasteiger partial charge in [-0.2, -0.15) is 0 Å². The molecule has 3 rings (SSSR count). The molecule has 0 fully saturated rings. The second-order valence-electron chi connectivity index (χ2n) is 5.01. The largest absolute Gasteiger partial charge is 0.454 e. The van der Waals surface area contributed by atoms with Gasteiger partial charge in [0.15, 0.2) is 11.5 Å². The van der Waals surface area contributed by atoms with Crippen LogP contribution in [0.15, 0.2) is 42.5 Å². The topological polar surface area (TPSA) is 38.8 Å². The molecule has 0 saturated carbocycles. The van der Waals surface area contributed by atoms with Crippen molar-refractivity contribution in [2.75, 3.05) is 13.3 Å². The molecule has 4 nitrogen and oxygen atoms in total. The molecule has 0 N–H and O–H groups in total. The molecular weight excluding hydrogens is 302 g/mol. The van der Waals surface area contributed by atoms with Crippen molar-refractivity contribution in [2.45, 2.75) is 13.5 Å². The first-order valence-corrected chi connectivity index (χ1v) is 7.48. The molecule has 5 heteroatoms. The van der Waals surface area contributed by atoms with E-state index in [9.17, 15) is 4.79 Å². The zero-order valence-corrected chi connectivity index (χ0v) is 13.0. The number of nitrogens with zero attached hydrogens (tertiary/aromatic N) is 1. The monoisotopic (exact) mass is 317 g/mol. The zero-order valence-electron chi connectivity index (χ0n) is 12.2. The number of halogens is 1. The Morgan fingerprint density at radius 3 is 2.59 bits per heavy atom. The Kier molecular flexibility index (Phi) is 4.20. The minimum absolute atomic E-state index is 0.0168. The first-order chi connectivity index (χ1) is 10.7. The van der Waals surface area contributed by atoms with Gasteiger partial charge < -0.3 is 14.4 Å². The fourth-order valence-electron chi connectivity index (χ4n) is 2.36. The van der Waals surface area contributed by atoms with Crippen molar-refractivity contribution < 1.29 is 14.3 Å². The summed E-state index contributed by atoms with van der Waals surface area (Å²) in [6, 6.07) is 12.7. The Morgan fingerprint density at radius 1 is 1.14 bits per heavy atom. The second kappa shape index (κ2) is 6.28. The average molecular weight is 318 g/mol. The smallest absolute Gasteiger partial charge is 0.254 e. The lowest BCUT2D eigenvalue weighted by Crippen LogP contribution is -2.30. The van der Waals surface area contributed by atoms with E-state index in [1.165, 1.54) is 0 Å². The molecule has 0 bridgehead atoms. The summed E-state index contributed by atoms with van der Waals surface area (Å²) >= 11 is 5.86. The molecule has 1 aliphatic rings. The molecule has 0 atom stereocenters. The van der Waals surface area contributed by atoms with E-state index < -0.39 is 0 Å². The van der Waals surface area contributed by atoms with Crippen LogP contribution in [0, 0.1) is 0 Å². The first-order valence-electron chi connectivity index (χ1n) is 7.10. The van der Waals surface area contributed by atoms with E-state index in [1.54, 1.807) is 29.2 Å². The molecule has 0 spiro atoms. The zero-order chi connectivity index (χ0) is 15.5. The van der Waals surface area contributed by atoms with Crippen LogP contribution >= 0.6 is 11.6 Å². The summed E-state index contributed by atoms with van der Waals surface area (Å²) in [5.74, 6) is 1.46. The van der Waals surface area contributed by atoms with E-state index in [1.807, 2.05) is 25.1 Å². The van der Waals surface area contributed by atoms with Gasteiger partial charge in [-0.15, -0.1) is 0 Å². The van der Waals surface area contributed by atoms with Gasteiger partial charge in [-0.25, -0.2) is 0 Å². The number of carbonyl (C=O) groups excluding carboxylic acids is 1. The van der Waals surface area contributed by atoms with Crippen molar-refractivity contribution in [1.29, 1.82) is 0 Å². The van der Waals surface area contributed by atoms with Gasteiger partial charge in [-0.1, -0.05) is 17.7 Å². The SMILES string of the molecule is CCN(Cc1ccc2c(c1)OCO2)C(=O)c1ccc(Cl)cc1. The summed E-state index contributed by atoms with van der Waals surface area (Å²) < 4.78 is 10.7. The lowest BCUT2D eigenvalue weighted by Gasteiger charge is -2.21. The molecule has 0 aromatic heterocycles. The molecule has 0 radical (unpaired) electrons. The van der Waals surface area contributed by atoms with Crippen LogP contribution in [0.2, 0.25) is 5.02 Å². The predicted molar refractivity (Wildman–Crippen MR) is 84.4 cm³/mol. The molecule has 0 saturated heterocycles. The third-order valence-electron chi connectivity index (χ3n) is 3.57. The van der Waals surface area contributed by atoms with Crippen LogP contribution in [-0.4, -0.2) is 24.1 Å². The summed E-state index contributed by atoms with van der Waals surface area (Å²) in [6.07, 6.45) is 0. The van der Waals surface area contributed by atoms with E-state index >= 15 is 0 Å². The highest BCUT2D eigenvalue weighted by molar-refractivity contribution is 6.30. The maximum atomic E-state index is 12.6. The van der Waals surface area contributed by atoms with Crippen molar-refractivity contribution >= 4 is 17.5 Å². The van der Waals surface area contributed by atoms with E-state index in [-0.39, 0.29) is 12.7 Å². The minimum atomic E-state index is -0.0168. The minimum Gasteiger partial charge on any atom is -0.454 e. The number of rotatable bonds is 4. The lowest BCUT2D eigenvalue weighted by molar-refractivity contribution is 0.0752. The number of benzene rings is 2. The second-order valence-corrected chi connectivity index (χ2v) is 5.45. The quantitative estimate of drug-likeness (QED) is 0.862. The van der Waals surface area contributed by atoms with Crippen LogP contribution < -0.4 is 9.47 Å². The Morgan fingerprint density at radius 2 is 1.86 bits per heavy atom. The first kappa shape index (κ1) is 14.7. The van der Waals surface area contributed by atoms with Gasteiger partial charge >= 0.3 is 0 Å². The van der Waals surface area contributed by atoms with Crippen molar-refractivity contribution in [3.05, 3.63) is 58.6 Å². The van der Waals surface area contributed by atoms with Gasteiger partial charge in [-0.05, 0) is 48.9 Å². The molecule has 0 aliphatic carbocycles. The average Bonchev–Trinajstić information content (AvgIpc) is 3.00. The highest BCUT2D eigenvalue weighted by atomic mass is 35.5. The summed E-state index contributed by atoms with van der Waals surface area (Å²) in [6.45, 7) is 3.35. The fraction of sp³-hybridized carbons (Fsp3) is 0.235. The highest BCUT2D eigenvalue weighted by Crippen LogP contribution is 2.32. The molecule has 22 heavy (non-hydrogen) atoms. The number of hydrogen-bond donors (Lipinski definition) is 0. The van der Waals surface area contributed by atoms with Crippen molar-refractivity contribution in [3.8, 4) is 11.5 Å². The lowest BCUT2D eigenvalue weighted by atomic mass is 10.1. The Bertz CT molecular complexity index is 685. The number of fused-ring (bicyclic) bond motifs is 1. The van der Waals surface area contributed by atoms with E-state index in [0.717, 1.165) is 17.1 Å². The van der Waals surface area contributed by atoms with Crippen molar-refractivity contribution in [3.63, 3.8) is 0 Å². The van der Waals surface area contributed by atoms with Gasteiger partial charge in [0, 0.05) is 23.7 Å². The van der Waals surface area contributed by atoms with Crippen molar-refractivity contribution in [2.24, 2.45) is 0 Å². The van der Waals surface area contributed by atoms with Gasteiger partial charge in [0.25, 0.3) is 5.91 Å². The number of amides is 1. The maximum Gasteiger partial charge on any atom is 0.254 e. The normalized spacial score (nSPS) is 12.3. The third-order valence-corrected chi connectivity index (χ3v) is 3.82. The number of carbonyl (C=O) groups is 1. The fourth-order valence-corrected chi connectivity index (χ4v) is 2.49. The molecule has 1 amide bonds. The molecule has 2 aromatic carbocycles. The standard InChI is InChI=1S/C17H16ClNO3/c1-2-19(17(20)13-4-6-14(18)7-5-13)10-12-3-8-15-16(9-12)22-11-21-15/h3-9H,2,10-11H2,1H3. The van der Waals surface area contributed by atoms with Crippen LogP contribution in [0.5, 0.6) is 11.5 Å². The van der Waals surface area contributed by atoms with Crippen molar-refractivity contribution in [1.82, 2.24) is 4.90 Å². The Balaban J connectivity index is 1.76. The Labute approximate surface area is 134 Å². The van der Waals surface area contributed by atoms with E-state index in [0.29, 0.717) is 23.7 Å². The van der Waals surface area contributed by atoms with Gasteiger partial charge in [0.2, 0.25) is 6.79 Å². The Hall–Kier alpha value is -2.20. The molecule has 2 aromatic rings. The predicted octanol–water partition coefficient (Wildman–Crippen LogP) is 3.73. The molecule has 1 aliphatic heterocycles.